The molecule has 29 heavy (non-hydrogen) atoms. The first-order chi connectivity index (χ1) is 14.0. The minimum atomic E-state index is -0.216. The van der Waals surface area contributed by atoms with Gasteiger partial charge < -0.3 is 11.1 Å². The summed E-state index contributed by atoms with van der Waals surface area (Å²) in [5, 5.41) is 3.23. The number of amides is 1. The Hall–Kier alpha value is -1.42. The van der Waals surface area contributed by atoms with Crippen LogP contribution in [0, 0.1) is 11.3 Å². The van der Waals surface area contributed by atoms with Crippen LogP contribution in [-0.2, 0) is 10.2 Å². The number of hydrogen-bond donors (Lipinski definition) is 2. The van der Waals surface area contributed by atoms with Crippen molar-refractivity contribution in [1.82, 2.24) is 5.32 Å². The van der Waals surface area contributed by atoms with Crippen LogP contribution in [0.1, 0.15) is 82.6 Å². The average Bonchev–Trinajstić information content (AvgIpc) is 2.74. The van der Waals surface area contributed by atoms with Crippen molar-refractivity contribution >= 4 is 5.91 Å². The number of carbonyl (C=O) groups excluding carboxylic acids is 1. The molecule has 3 N–H and O–H groups in total. The molecule has 3 aliphatic rings. The molecule has 1 amide bonds. The van der Waals surface area contributed by atoms with Crippen molar-refractivity contribution in [3.05, 3.63) is 35.9 Å². The Morgan fingerprint density at radius 1 is 1.10 bits per heavy atom. The lowest BCUT2D eigenvalue weighted by molar-refractivity contribution is -0.122. The highest BCUT2D eigenvalue weighted by atomic mass is 19.1. The number of nitrogens with one attached hydrogen (secondary N) is 1. The molecule has 3 nitrogen and oxygen atoms in total. The molecule has 0 radical (unpaired) electrons. The number of alkyl halides is 1. The number of hydrogen-bond acceptors (Lipinski definition) is 2. The van der Waals surface area contributed by atoms with Gasteiger partial charge in [-0.2, -0.15) is 0 Å². The second kappa shape index (κ2) is 8.75. The van der Waals surface area contributed by atoms with Crippen LogP contribution in [0.3, 0.4) is 0 Å². The molecule has 0 spiro atoms. The summed E-state index contributed by atoms with van der Waals surface area (Å²) in [6.07, 6.45) is 11.8. The summed E-state index contributed by atoms with van der Waals surface area (Å²) in [7, 11) is 0. The maximum atomic E-state index is 14.3. The number of nitrogens with two attached hydrogens (primary N) is 1. The summed E-state index contributed by atoms with van der Waals surface area (Å²) in [6.45, 7) is -0.216. The zero-order valence-electron chi connectivity index (χ0n) is 17.7. The molecule has 4 rings (SSSR count). The third-order valence-electron chi connectivity index (χ3n) is 8.06. The Morgan fingerprint density at radius 2 is 1.86 bits per heavy atom. The molecule has 0 heterocycles. The molecule has 3 saturated carbocycles. The number of halogens is 1. The van der Waals surface area contributed by atoms with E-state index in [0.717, 1.165) is 70.6 Å². The van der Waals surface area contributed by atoms with Gasteiger partial charge >= 0.3 is 0 Å². The molecule has 4 heteroatoms. The lowest BCUT2D eigenvalue weighted by Crippen LogP contribution is -2.48. The van der Waals surface area contributed by atoms with Crippen molar-refractivity contribution in [1.29, 1.82) is 0 Å². The fraction of sp³-hybridized carbons (Fsp3) is 0.720. The summed E-state index contributed by atoms with van der Waals surface area (Å²) >= 11 is 0. The van der Waals surface area contributed by atoms with Crippen LogP contribution in [0.25, 0.3) is 0 Å². The normalized spacial score (nSPS) is 37.1. The van der Waals surface area contributed by atoms with E-state index in [9.17, 15) is 9.18 Å². The lowest BCUT2D eigenvalue weighted by atomic mass is 9.50. The van der Waals surface area contributed by atoms with Gasteiger partial charge in [0, 0.05) is 18.5 Å². The molecule has 3 atom stereocenters. The average molecular weight is 401 g/mol. The van der Waals surface area contributed by atoms with E-state index in [4.69, 9.17) is 5.73 Å². The maximum absolute atomic E-state index is 14.3. The molecule has 0 saturated heterocycles. The predicted molar refractivity (Wildman–Crippen MR) is 115 cm³/mol. The van der Waals surface area contributed by atoms with Gasteiger partial charge in [-0.25, -0.2) is 0 Å². The van der Waals surface area contributed by atoms with Gasteiger partial charge in [0.2, 0.25) is 5.91 Å². The van der Waals surface area contributed by atoms with Crippen LogP contribution in [0.2, 0.25) is 0 Å². The van der Waals surface area contributed by atoms with E-state index in [2.05, 4.69) is 35.6 Å². The molecule has 3 aliphatic carbocycles. The molecule has 2 bridgehead atoms. The summed E-state index contributed by atoms with van der Waals surface area (Å²) in [6, 6.07) is 11.4. The SMILES string of the molecule is N[C@H]1CC[C@H](NC(=O)CCC2C[C@@]3(CF)CCC[C@@](c4ccccc4)(C2)C3)CC1. The van der Waals surface area contributed by atoms with Gasteiger partial charge in [0.05, 0.1) is 6.67 Å². The molecule has 3 fully saturated rings. The van der Waals surface area contributed by atoms with Gasteiger partial charge in [0.1, 0.15) is 0 Å². The van der Waals surface area contributed by atoms with E-state index < -0.39 is 0 Å². The van der Waals surface area contributed by atoms with E-state index in [0.29, 0.717) is 24.4 Å². The largest absolute Gasteiger partial charge is 0.353 e. The van der Waals surface area contributed by atoms with Gasteiger partial charge in [-0.15, -0.1) is 0 Å². The van der Waals surface area contributed by atoms with E-state index >= 15 is 0 Å². The fourth-order valence-corrected chi connectivity index (χ4v) is 6.71. The van der Waals surface area contributed by atoms with Crippen molar-refractivity contribution in [3.63, 3.8) is 0 Å². The summed E-state index contributed by atoms with van der Waals surface area (Å²) in [5.74, 6) is 0.606. The van der Waals surface area contributed by atoms with Crippen molar-refractivity contribution in [2.45, 2.75) is 94.5 Å². The highest BCUT2D eigenvalue weighted by molar-refractivity contribution is 5.76. The Bertz CT molecular complexity index is 687. The first-order valence-corrected chi connectivity index (χ1v) is 11.7. The van der Waals surface area contributed by atoms with Gasteiger partial charge in [-0.3, -0.25) is 9.18 Å². The van der Waals surface area contributed by atoms with Gasteiger partial charge in [0.15, 0.2) is 0 Å². The van der Waals surface area contributed by atoms with Crippen LogP contribution in [0.5, 0.6) is 0 Å². The number of fused-ring (bicyclic) bond motifs is 2. The predicted octanol–water partition coefficient (Wildman–Crippen LogP) is 5.03. The second-order valence-corrected chi connectivity index (χ2v) is 10.3. The van der Waals surface area contributed by atoms with Gasteiger partial charge in [0.25, 0.3) is 0 Å². The van der Waals surface area contributed by atoms with E-state index in [-0.39, 0.29) is 23.4 Å². The molecule has 1 aromatic rings. The molecule has 160 valence electrons. The first kappa shape index (κ1) is 20.8. The van der Waals surface area contributed by atoms with Gasteiger partial charge in [-0.1, -0.05) is 36.8 Å². The van der Waals surface area contributed by atoms with Crippen LogP contribution in [0.15, 0.2) is 30.3 Å². The number of benzene rings is 1. The van der Waals surface area contributed by atoms with Crippen molar-refractivity contribution in [2.75, 3.05) is 6.67 Å². The topological polar surface area (TPSA) is 55.1 Å². The third-order valence-corrected chi connectivity index (χ3v) is 8.06. The van der Waals surface area contributed by atoms with Crippen LogP contribution < -0.4 is 11.1 Å². The summed E-state index contributed by atoms with van der Waals surface area (Å²) in [5.41, 5.74) is 7.28. The molecule has 1 aromatic carbocycles. The lowest BCUT2D eigenvalue weighted by Gasteiger charge is -2.54. The third kappa shape index (κ3) is 4.68. The molecular weight excluding hydrogens is 363 g/mol. The smallest absolute Gasteiger partial charge is 0.220 e. The zero-order chi connectivity index (χ0) is 20.3. The Morgan fingerprint density at radius 3 is 2.59 bits per heavy atom. The first-order valence-electron chi connectivity index (χ1n) is 11.7. The van der Waals surface area contributed by atoms with Crippen molar-refractivity contribution in [3.8, 4) is 0 Å². The summed E-state index contributed by atoms with van der Waals surface area (Å²) < 4.78 is 14.3. The highest BCUT2D eigenvalue weighted by Crippen LogP contribution is 2.59. The maximum Gasteiger partial charge on any atom is 0.220 e. The zero-order valence-corrected chi connectivity index (χ0v) is 17.7. The Labute approximate surface area is 175 Å². The molecular formula is C25H37FN2O. The highest BCUT2D eigenvalue weighted by Gasteiger charge is 2.51. The standard InChI is InChI=1S/C25H37FN2O/c26-18-24-13-4-14-25(17-24,20-5-2-1-3-6-20)16-19(15-24)7-12-23(29)28-22-10-8-21(27)9-11-22/h1-3,5-6,19,21-22H,4,7-18,27H2,(H,28,29)/t19?,21-,22-,24-,25+/m0/s1. The van der Waals surface area contributed by atoms with E-state index in [1.807, 2.05) is 0 Å². The quantitative estimate of drug-likeness (QED) is 0.704. The minimum absolute atomic E-state index is 0.102. The second-order valence-electron chi connectivity index (χ2n) is 10.3. The molecule has 1 unspecified atom stereocenters. The van der Waals surface area contributed by atoms with Crippen molar-refractivity contribution in [2.24, 2.45) is 17.1 Å². The van der Waals surface area contributed by atoms with Crippen LogP contribution >= 0.6 is 0 Å². The number of carbonyl (C=O) groups is 1. The van der Waals surface area contributed by atoms with Crippen molar-refractivity contribution < 1.29 is 9.18 Å². The Balaban J connectivity index is 1.39. The fourth-order valence-electron chi connectivity index (χ4n) is 6.71. The van der Waals surface area contributed by atoms with E-state index in [1.54, 1.807) is 0 Å². The minimum Gasteiger partial charge on any atom is -0.353 e. The van der Waals surface area contributed by atoms with E-state index in [1.165, 1.54) is 5.56 Å². The molecule has 0 aliphatic heterocycles. The molecule has 0 aromatic heterocycles. The Kier molecular flexibility index (Phi) is 6.29. The number of rotatable bonds is 6. The summed E-state index contributed by atoms with van der Waals surface area (Å²) in [4.78, 5) is 12.6. The monoisotopic (exact) mass is 400 g/mol. The van der Waals surface area contributed by atoms with Crippen LogP contribution in [0.4, 0.5) is 4.39 Å². The van der Waals surface area contributed by atoms with Gasteiger partial charge in [-0.05, 0) is 86.5 Å². The van der Waals surface area contributed by atoms with Crippen LogP contribution in [-0.4, -0.2) is 24.7 Å².